The molecule has 1 heterocycles. The molecule has 0 aliphatic heterocycles. The lowest BCUT2D eigenvalue weighted by atomic mass is 10.1. The van der Waals surface area contributed by atoms with Crippen LogP contribution in [0.4, 0.5) is 0 Å². The highest BCUT2D eigenvalue weighted by atomic mass is 32.2. The summed E-state index contributed by atoms with van der Waals surface area (Å²) in [5, 5.41) is 3.30. The van der Waals surface area contributed by atoms with Crippen LogP contribution < -0.4 is 5.56 Å². The summed E-state index contributed by atoms with van der Waals surface area (Å²) in [6.07, 6.45) is 0. The fourth-order valence-electron chi connectivity index (χ4n) is 3.44. The Kier molecular flexibility index (Phi) is 6.53. The van der Waals surface area contributed by atoms with Crippen molar-refractivity contribution in [3.63, 3.8) is 0 Å². The van der Waals surface area contributed by atoms with E-state index in [2.05, 4.69) is 36.3 Å². The van der Waals surface area contributed by atoms with Crippen molar-refractivity contribution in [3.05, 3.63) is 106 Å². The predicted molar refractivity (Wildman–Crippen MR) is 131 cm³/mol. The highest BCUT2D eigenvalue weighted by molar-refractivity contribution is 7.99. The Bertz CT molecular complexity index is 1220. The average molecular weight is 428 g/mol. The molecular weight excluding hydrogens is 402 g/mol. The molecule has 1 N–H and O–H groups in total. The molecule has 3 aromatic carbocycles. The number of aliphatic imine (C=N–C) groups is 1. The van der Waals surface area contributed by atoms with Gasteiger partial charge in [-0.2, -0.15) is 0 Å². The second-order valence-electron chi connectivity index (χ2n) is 7.33. The van der Waals surface area contributed by atoms with Crippen molar-refractivity contribution < 1.29 is 0 Å². The third-order valence-electron chi connectivity index (χ3n) is 5.06. The average Bonchev–Trinajstić information content (AvgIpc) is 3.16. The second kappa shape index (κ2) is 9.67. The first kappa shape index (κ1) is 20.9. The van der Waals surface area contributed by atoms with Crippen LogP contribution in [0.3, 0.4) is 0 Å². The quantitative estimate of drug-likeness (QED) is 0.232. The van der Waals surface area contributed by atoms with E-state index in [1.807, 2.05) is 67.6 Å². The highest BCUT2D eigenvalue weighted by Crippen LogP contribution is 2.22. The molecule has 0 radical (unpaired) electrons. The van der Waals surface area contributed by atoms with E-state index in [0.717, 1.165) is 28.4 Å². The van der Waals surface area contributed by atoms with Gasteiger partial charge in [-0.05, 0) is 38.1 Å². The number of hydrogen-bond acceptors (Lipinski definition) is 3. The topological polar surface area (TPSA) is 50.1 Å². The number of aromatic amines is 1. The van der Waals surface area contributed by atoms with Crippen molar-refractivity contribution in [1.82, 2.24) is 9.78 Å². The lowest BCUT2D eigenvalue weighted by Gasteiger charge is -2.04. The molecule has 0 saturated carbocycles. The largest absolute Gasteiger partial charge is 0.290 e. The van der Waals surface area contributed by atoms with Crippen molar-refractivity contribution >= 4 is 17.5 Å². The Balaban J connectivity index is 1.62. The van der Waals surface area contributed by atoms with Gasteiger partial charge in [0.15, 0.2) is 0 Å². The van der Waals surface area contributed by atoms with Crippen LogP contribution in [0.1, 0.15) is 18.1 Å². The fourth-order valence-corrected chi connectivity index (χ4v) is 4.18. The van der Waals surface area contributed by atoms with Gasteiger partial charge in [-0.15, -0.1) is 11.8 Å². The van der Waals surface area contributed by atoms with Crippen LogP contribution in [-0.4, -0.2) is 27.8 Å². The highest BCUT2D eigenvalue weighted by Gasteiger charge is 2.18. The first-order valence-electron chi connectivity index (χ1n) is 10.3. The Morgan fingerprint density at radius 1 is 0.935 bits per heavy atom. The predicted octanol–water partition coefficient (Wildman–Crippen LogP) is 5.74. The molecule has 4 aromatic rings. The molecule has 0 aliphatic rings. The number of H-pyrrole nitrogens is 1. The van der Waals surface area contributed by atoms with E-state index >= 15 is 0 Å². The van der Waals surface area contributed by atoms with E-state index in [0.29, 0.717) is 12.1 Å². The van der Waals surface area contributed by atoms with Gasteiger partial charge in [-0.1, -0.05) is 66.2 Å². The molecule has 0 saturated heterocycles. The van der Waals surface area contributed by atoms with Gasteiger partial charge in [0.1, 0.15) is 0 Å². The van der Waals surface area contributed by atoms with Gasteiger partial charge in [-0.25, -0.2) is 4.68 Å². The maximum Gasteiger partial charge on any atom is 0.280 e. The Morgan fingerprint density at radius 2 is 1.58 bits per heavy atom. The summed E-state index contributed by atoms with van der Waals surface area (Å²) in [6, 6.07) is 28.1. The number of thioether (sulfide) groups is 1. The van der Waals surface area contributed by atoms with Crippen molar-refractivity contribution in [1.29, 1.82) is 0 Å². The molecule has 4 rings (SSSR count). The molecule has 0 fully saturated rings. The van der Waals surface area contributed by atoms with E-state index in [1.54, 1.807) is 16.4 Å². The molecular formula is C26H25N3OS. The van der Waals surface area contributed by atoms with Gasteiger partial charge >= 0.3 is 0 Å². The minimum absolute atomic E-state index is 0.0857. The maximum atomic E-state index is 13.3. The molecule has 156 valence electrons. The molecule has 0 spiro atoms. The van der Waals surface area contributed by atoms with Crippen LogP contribution in [0, 0.1) is 6.92 Å². The second-order valence-corrected chi connectivity index (χ2v) is 8.50. The summed E-state index contributed by atoms with van der Waals surface area (Å²) in [5.41, 5.74) is 5.11. The van der Waals surface area contributed by atoms with Gasteiger partial charge in [-0.3, -0.25) is 14.9 Å². The third-order valence-corrected chi connectivity index (χ3v) is 6.05. The summed E-state index contributed by atoms with van der Waals surface area (Å²) >= 11 is 1.77. The number of aromatic nitrogens is 2. The van der Waals surface area contributed by atoms with Crippen molar-refractivity contribution in [2.45, 2.75) is 18.7 Å². The summed E-state index contributed by atoms with van der Waals surface area (Å²) < 4.78 is 1.59. The molecule has 0 amide bonds. The monoisotopic (exact) mass is 427 g/mol. The molecule has 5 heteroatoms. The zero-order valence-electron chi connectivity index (χ0n) is 17.7. The summed E-state index contributed by atoms with van der Waals surface area (Å²) in [4.78, 5) is 19.3. The zero-order valence-corrected chi connectivity index (χ0v) is 18.5. The van der Waals surface area contributed by atoms with Gasteiger partial charge in [0, 0.05) is 28.5 Å². The van der Waals surface area contributed by atoms with E-state index in [1.165, 1.54) is 10.5 Å². The number of hydrogen-bond donors (Lipinski definition) is 1. The Labute approximate surface area is 186 Å². The van der Waals surface area contributed by atoms with E-state index < -0.39 is 0 Å². The van der Waals surface area contributed by atoms with Crippen molar-refractivity contribution in [3.8, 4) is 16.9 Å². The number of aryl methyl sites for hydroxylation is 1. The lowest BCUT2D eigenvalue weighted by molar-refractivity contribution is 0.852. The van der Waals surface area contributed by atoms with Gasteiger partial charge < -0.3 is 0 Å². The number of rotatable bonds is 7. The lowest BCUT2D eigenvalue weighted by Crippen LogP contribution is -2.19. The van der Waals surface area contributed by atoms with Crippen LogP contribution in [0.2, 0.25) is 0 Å². The molecule has 1 aromatic heterocycles. The van der Waals surface area contributed by atoms with Crippen LogP contribution in [-0.2, 0) is 0 Å². The third kappa shape index (κ3) is 4.89. The Hall–Kier alpha value is -3.31. The summed E-state index contributed by atoms with van der Waals surface area (Å²) in [6.45, 7) is 4.66. The standard InChI is InChI=1S/C26H25N3OS/c1-19-13-15-23(16-14-19)31-18-17-27-20(2)24-25(21-9-5-3-6-10-21)28-29(26(24)30)22-11-7-4-8-12-22/h3-16,28H,17-18H2,1-2H3. The molecule has 0 aliphatic carbocycles. The number of para-hydroxylation sites is 1. The molecule has 31 heavy (non-hydrogen) atoms. The van der Waals surface area contributed by atoms with Crippen LogP contribution in [0.5, 0.6) is 0 Å². The van der Waals surface area contributed by atoms with Crippen LogP contribution in [0.25, 0.3) is 16.9 Å². The number of nitrogens with zero attached hydrogens (tertiary/aromatic N) is 2. The summed E-state index contributed by atoms with van der Waals surface area (Å²) in [7, 11) is 0. The molecule has 0 bridgehead atoms. The first-order chi connectivity index (χ1) is 15.1. The normalized spacial score (nSPS) is 11.6. The minimum Gasteiger partial charge on any atom is -0.290 e. The van der Waals surface area contributed by atoms with Crippen LogP contribution >= 0.6 is 11.8 Å². The molecule has 0 atom stereocenters. The van der Waals surface area contributed by atoms with Gasteiger partial charge in [0.25, 0.3) is 5.56 Å². The van der Waals surface area contributed by atoms with Gasteiger partial charge in [0.05, 0.1) is 16.9 Å². The van der Waals surface area contributed by atoms with E-state index in [9.17, 15) is 4.79 Å². The van der Waals surface area contributed by atoms with Gasteiger partial charge in [0.2, 0.25) is 0 Å². The minimum atomic E-state index is -0.0857. The van der Waals surface area contributed by atoms with E-state index in [-0.39, 0.29) is 5.56 Å². The smallest absolute Gasteiger partial charge is 0.280 e. The number of nitrogens with one attached hydrogen (secondary N) is 1. The fraction of sp³-hybridized carbons (Fsp3) is 0.154. The molecule has 4 nitrogen and oxygen atoms in total. The Morgan fingerprint density at radius 3 is 2.26 bits per heavy atom. The van der Waals surface area contributed by atoms with E-state index in [4.69, 9.17) is 4.99 Å². The van der Waals surface area contributed by atoms with Crippen molar-refractivity contribution in [2.24, 2.45) is 4.99 Å². The zero-order chi connectivity index (χ0) is 21.6. The molecule has 0 unspecified atom stereocenters. The summed E-state index contributed by atoms with van der Waals surface area (Å²) in [5.74, 6) is 0.859. The van der Waals surface area contributed by atoms with Crippen LogP contribution in [0.15, 0.2) is 99.6 Å². The number of benzene rings is 3. The SMILES string of the molecule is CC(=NCCSc1ccc(C)cc1)c1c(-c2ccccc2)[nH]n(-c2ccccc2)c1=O. The maximum absolute atomic E-state index is 13.3. The first-order valence-corrected chi connectivity index (χ1v) is 11.3. The van der Waals surface area contributed by atoms with Crippen molar-refractivity contribution in [2.75, 3.05) is 12.3 Å².